The Morgan fingerprint density at radius 3 is 2.67 bits per heavy atom. The van der Waals surface area contributed by atoms with E-state index < -0.39 is 6.10 Å². The predicted octanol–water partition coefficient (Wildman–Crippen LogP) is 3.43. The van der Waals surface area contributed by atoms with Gasteiger partial charge >= 0.3 is 0 Å². The fourth-order valence-corrected chi connectivity index (χ4v) is 4.17. The highest BCUT2D eigenvalue weighted by molar-refractivity contribution is 7.09. The van der Waals surface area contributed by atoms with Gasteiger partial charge in [0.2, 0.25) is 0 Å². The Morgan fingerprint density at radius 1 is 1.26 bits per heavy atom. The smallest absolute Gasteiger partial charge is 0.123 e. The van der Waals surface area contributed by atoms with E-state index in [0.717, 1.165) is 48.7 Å². The molecule has 0 amide bonds. The maximum Gasteiger partial charge on any atom is 0.123 e. The number of hydrogen-bond donors (Lipinski definition) is 1. The molecule has 6 nitrogen and oxygen atoms in total. The van der Waals surface area contributed by atoms with E-state index in [2.05, 4.69) is 15.2 Å². The van der Waals surface area contributed by atoms with Crippen LogP contribution in [0.15, 0.2) is 35.8 Å². The normalized spacial score (nSPS) is 17.3. The highest BCUT2D eigenvalue weighted by Crippen LogP contribution is 2.26. The third kappa shape index (κ3) is 4.23. The lowest BCUT2D eigenvalue weighted by molar-refractivity contribution is 0.172. The number of nitrogens with zero attached hydrogens (tertiary/aromatic N) is 5. The first-order valence-corrected chi connectivity index (χ1v) is 9.99. The first kappa shape index (κ1) is 18.2. The molecule has 1 N–H and O–H groups in total. The number of likely N-dealkylation sites (tertiary alicyclic amines) is 1. The molecule has 1 aliphatic heterocycles. The monoisotopic (exact) mass is 387 g/mol. The highest BCUT2D eigenvalue weighted by atomic mass is 32.1. The lowest BCUT2D eigenvalue weighted by Gasteiger charge is -2.31. The molecular formula is C19H22FN5OS. The van der Waals surface area contributed by atoms with E-state index in [1.807, 2.05) is 16.3 Å². The van der Waals surface area contributed by atoms with Crippen LogP contribution in [0.25, 0.3) is 11.3 Å². The molecule has 142 valence electrons. The molecule has 27 heavy (non-hydrogen) atoms. The molecule has 0 aliphatic carbocycles. The quantitative estimate of drug-likeness (QED) is 0.726. The van der Waals surface area contributed by atoms with Crippen molar-refractivity contribution < 1.29 is 9.50 Å². The van der Waals surface area contributed by atoms with Crippen LogP contribution in [0.2, 0.25) is 0 Å². The van der Waals surface area contributed by atoms with Gasteiger partial charge in [-0.1, -0.05) is 5.21 Å². The minimum absolute atomic E-state index is 0.231. The summed E-state index contributed by atoms with van der Waals surface area (Å²) in [5.41, 5.74) is 2.46. The van der Waals surface area contributed by atoms with Gasteiger partial charge in [-0.15, -0.1) is 16.4 Å². The van der Waals surface area contributed by atoms with Crippen LogP contribution in [-0.4, -0.2) is 43.1 Å². The number of piperidine rings is 1. The second-order valence-electron chi connectivity index (χ2n) is 6.94. The second-order valence-corrected chi connectivity index (χ2v) is 7.88. The SMILES string of the molecule is CC(O)c1cn(C2CCN(Cc3nc(-c4ccc(F)cc4)cs3)CC2)nn1. The largest absolute Gasteiger partial charge is 0.387 e. The van der Waals surface area contributed by atoms with Gasteiger partial charge in [0.05, 0.1) is 30.6 Å². The lowest BCUT2D eigenvalue weighted by Crippen LogP contribution is -2.34. The van der Waals surface area contributed by atoms with Crippen LogP contribution in [0.3, 0.4) is 0 Å². The van der Waals surface area contributed by atoms with Crippen LogP contribution in [0.5, 0.6) is 0 Å². The number of halogens is 1. The molecule has 4 rings (SSSR count). The van der Waals surface area contributed by atoms with Crippen molar-refractivity contribution in [2.75, 3.05) is 13.1 Å². The van der Waals surface area contributed by atoms with Crippen molar-refractivity contribution in [1.29, 1.82) is 0 Å². The van der Waals surface area contributed by atoms with E-state index >= 15 is 0 Å². The van der Waals surface area contributed by atoms with Gasteiger partial charge in [0.25, 0.3) is 0 Å². The Kier molecular flexibility index (Phi) is 5.29. The van der Waals surface area contributed by atoms with Crippen molar-refractivity contribution in [3.63, 3.8) is 0 Å². The molecule has 0 radical (unpaired) electrons. The summed E-state index contributed by atoms with van der Waals surface area (Å²) in [7, 11) is 0. The summed E-state index contributed by atoms with van der Waals surface area (Å²) in [6.07, 6.45) is 3.26. The maximum atomic E-state index is 13.1. The van der Waals surface area contributed by atoms with Gasteiger partial charge in [-0.2, -0.15) is 0 Å². The molecule has 1 saturated heterocycles. The second kappa shape index (κ2) is 7.84. The number of aliphatic hydroxyl groups excluding tert-OH is 1. The van der Waals surface area contributed by atoms with Crippen LogP contribution >= 0.6 is 11.3 Å². The van der Waals surface area contributed by atoms with Crippen molar-refractivity contribution in [3.05, 3.63) is 52.4 Å². The van der Waals surface area contributed by atoms with Crippen molar-refractivity contribution in [2.45, 2.75) is 38.5 Å². The third-order valence-electron chi connectivity index (χ3n) is 4.94. The number of hydrogen-bond acceptors (Lipinski definition) is 6. The molecular weight excluding hydrogens is 365 g/mol. The number of aromatic nitrogens is 4. The zero-order chi connectivity index (χ0) is 18.8. The molecule has 0 bridgehead atoms. The van der Waals surface area contributed by atoms with Crippen molar-refractivity contribution in [3.8, 4) is 11.3 Å². The molecule has 0 spiro atoms. The van der Waals surface area contributed by atoms with E-state index in [9.17, 15) is 9.50 Å². The van der Waals surface area contributed by atoms with E-state index in [1.165, 1.54) is 12.1 Å². The predicted molar refractivity (Wildman–Crippen MR) is 102 cm³/mol. The summed E-state index contributed by atoms with van der Waals surface area (Å²) in [6.45, 7) is 4.47. The number of aliphatic hydroxyl groups is 1. The van der Waals surface area contributed by atoms with Gasteiger partial charge in [0, 0.05) is 24.0 Å². The molecule has 1 atom stereocenters. The highest BCUT2D eigenvalue weighted by Gasteiger charge is 2.23. The fraction of sp³-hybridized carbons (Fsp3) is 0.421. The van der Waals surface area contributed by atoms with E-state index in [0.29, 0.717) is 11.7 Å². The summed E-state index contributed by atoms with van der Waals surface area (Å²) in [5.74, 6) is -0.231. The van der Waals surface area contributed by atoms with Crippen molar-refractivity contribution in [2.24, 2.45) is 0 Å². The average molecular weight is 387 g/mol. The van der Waals surface area contributed by atoms with Gasteiger partial charge in [-0.05, 0) is 44.0 Å². The fourth-order valence-electron chi connectivity index (χ4n) is 3.33. The van der Waals surface area contributed by atoms with Crippen LogP contribution in [-0.2, 0) is 6.54 Å². The van der Waals surface area contributed by atoms with Gasteiger partial charge in [0.1, 0.15) is 16.5 Å². The molecule has 1 fully saturated rings. The Morgan fingerprint density at radius 2 is 2.00 bits per heavy atom. The first-order valence-electron chi connectivity index (χ1n) is 9.11. The number of thiazole rings is 1. The van der Waals surface area contributed by atoms with Crippen molar-refractivity contribution in [1.82, 2.24) is 24.9 Å². The molecule has 1 unspecified atom stereocenters. The third-order valence-corrected chi connectivity index (χ3v) is 5.77. The van der Waals surface area contributed by atoms with E-state index in [-0.39, 0.29) is 5.82 Å². The van der Waals surface area contributed by atoms with Gasteiger partial charge < -0.3 is 5.11 Å². The molecule has 1 aromatic carbocycles. The average Bonchev–Trinajstić information content (AvgIpc) is 3.33. The zero-order valence-electron chi connectivity index (χ0n) is 15.1. The summed E-state index contributed by atoms with van der Waals surface area (Å²) >= 11 is 1.64. The molecule has 1 aliphatic rings. The molecule has 3 heterocycles. The Hall–Kier alpha value is -2.16. The van der Waals surface area contributed by atoms with Crippen LogP contribution in [0, 0.1) is 5.82 Å². The van der Waals surface area contributed by atoms with E-state index in [4.69, 9.17) is 4.98 Å². The lowest BCUT2D eigenvalue weighted by atomic mass is 10.1. The standard InChI is InChI=1S/C19H22FN5OS/c1-13(26)17-10-25(23-22-17)16-6-8-24(9-7-16)11-19-21-18(12-27-19)14-2-4-15(20)5-3-14/h2-5,10,12-13,16,26H,6-9,11H2,1H3. The zero-order valence-corrected chi connectivity index (χ0v) is 15.9. The maximum absolute atomic E-state index is 13.1. The molecule has 2 aromatic heterocycles. The van der Waals surface area contributed by atoms with Crippen LogP contribution in [0.4, 0.5) is 4.39 Å². The number of benzene rings is 1. The van der Waals surface area contributed by atoms with Gasteiger partial charge in [0.15, 0.2) is 0 Å². The topological polar surface area (TPSA) is 67.1 Å². The van der Waals surface area contributed by atoms with Gasteiger partial charge in [-0.3, -0.25) is 4.90 Å². The summed E-state index contributed by atoms with van der Waals surface area (Å²) in [5, 5.41) is 20.9. The van der Waals surface area contributed by atoms with Crippen molar-refractivity contribution >= 4 is 11.3 Å². The Balaban J connectivity index is 1.33. The van der Waals surface area contributed by atoms with Gasteiger partial charge in [-0.25, -0.2) is 14.1 Å². The Bertz CT molecular complexity index is 884. The minimum Gasteiger partial charge on any atom is -0.387 e. The summed E-state index contributed by atoms with van der Waals surface area (Å²) in [6, 6.07) is 6.78. The minimum atomic E-state index is -0.584. The summed E-state index contributed by atoms with van der Waals surface area (Å²) < 4.78 is 14.9. The number of rotatable bonds is 5. The van der Waals surface area contributed by atoms with Crippen LogP contribution < -0.4 is 0 Å². The first-order chi connectivity index (χ1) is 13.1. The molecule has 3 aromatic rings. The Labute approximate surface area is 161 Å². The molecule has 8 heteroatoms. The van der Waals surface area contributed by atoms with Crippen LogP contribution in [0.1, 0.15) is 42.6 Å². The summed E-state index contributed by atoms with van der Waals surface area (Å²) in [4.78, 5) is 7.10. The van der Waals surface area contributed by atoms with E-state index in [1.54, 1.807) is 30.4 Å². The molecule has 0 saturated carbocycles.